The lowest BCUT2D eigenvalue weighted by Gasteiger charge is -2.13. The van der Waals surface area contributed by atoms with Crippen LogP contribution in [0.25, 0.3) is 10.9 Å². The number of carbonyl (C=O) groups excluding carboxylic acids is 1. The van der Waals surface area contributed by atoms with Crippen LogP contribution in [-0.4, -0.2) is 51.9 Å². The third-order valence-corrected chi connectivity index (χ3v) is 5.96. The third-order valence-electron chi connectivity index (χ3n) is 4.89. The normalized spacial score (nSPS) is 11.2. The molecular formula is C22H28N4O4S. The summed E-state index contributed by atoms with van der Waals surface area (Å²) in [6.45, 7) is 2.02. The lowest BCUT2D eigenvalue weighted by Crippen LogP contribution is -2.24. The number of thioether (sulfide) groups is 1. The summed E-state index contributed by atoms with van der Waals surface area (Å²) < 4.78 is 13.6. The van der Waals surface area contributed by atoms with E-state index in [2.05, 4.69) is 5.10 Å². The van der Waals surface area contributed by atoms with Gasteiger partial charge >= 0.3 is 5.97 Å². The van der Waals surface area contributed by atoms with Crippen molar-refractivity contribution in [3.8, 4) is 0 Å². The molecule has 0 amide bonds. The van der Waals surface area contributed by atoms with E-state index in [0.29, 0.717) is 34.8 Å². The Balaban J connectivity index is 1.72. The molecule has 0 saturated heterocycles. The summed E-state index contributed by atoms with van der Waals surface area (Å²) in [5.41, 5.74) is 0.796. The molecule has 0 radical (unpaired) electrons. The molecule has 0 aliphatic heterocycles. The Morgan fingerprint density at radius 1 is 1.13 bits per heavy atom. The van der Waals surface area contributed by atoms with Gasteiger partial charge in [0.2, 0.25) is 0 Å². The first kappa shape index (κ1) is 23.0. The molecule has 0 atom stereocenters. The van der Waals surface area contributed by atoms with E-state index in [1.54, 1.807) is 47.8 Å². The number of hydrogen-bond donors (Lipinski definition) is 0. The minimum atomic E-state index is -0.445. The molecule has 0 fully saturated rings. The van der Waals surface area contributed by atoms with Gasteiger partial charge in [-0.05, 0) is 43.5 Å². The second-order valence-electron chi connectivity index (χ2n) is 7.10. The molecule has 31 heavy (non-hydrogen) atoms. The smallest absolute Gasteiger partial charge is 0.337 e. The highest BCUT2D eigenvalue weighted by Crippen LogP contribution is 2.21. The van der Waals surface area contributed by atoms with Crippen LogP contribution in [0.2, 0.25) is 0 Å². The second kappa shape index (κ2) is 11.7. The molecule has 0 aliphatic carbocycles. The minimum absolute atomic E-state index is 0.0984. The van der Waals surface area contributed by atoms with Crippen molar-refractivity contribution in [1.82, 2.24) is 19.3 Å². The maximum atomic E-state index is 13.1. The predicted molar refractivity (Wildman–Crippen MR) is 121 cm³/mol. The third kappa shape index (κ3) is 6.18. The lowest BCUT2D eigenvalue weighted by molar-refractivity contribution is 0.0601. The number of aromatic nitrogens is 4. The van der Waals surface area contributed by atoms with Gasteiger partial charge in [0.1, 0.15) is 0 Å². The fourth-order valence-corrected chi connectivity index (χ4v) is 4.29. The van der Waals surface area contributed by atoms with Crippen LogP contribution < -0.4 is 5.56 Å². The first-order valence-electron chi connectivity index (χ1n) is 10.4. The zero-order valence-corrected chi connectivity index (χ0v) is 18.8. The summed E-state index contributed by atoms with van der Waals surface area (Å²) in [5.74, 6) is 0.414. The molecule has 3 aromatic rings. The number of fused-ring (bicyclic) bond motifs is 1. The van der Waals surface area contributed by atoms with Gasteiger partial charge in [-0.25, -0.2) is 9.78 Å². The van der Waals surface area contributed by atoms with Crippen molar-refractivity contribution in [2.75, 3.05) is 26.6 Å². The summed E-state index contributed by atoms with van der Waals surface area (Å²) in [6.07, 6.45) is 7.61. The Morgan fingerprint density at radius 3 is 2.74 bits per heavy atom. The number of esters is 1. The van der Waals surface area contributed by atoms with Crippen LogP contribution in [0.5, 0.6) is 0 Å². The van der Waals surface area contributed by atoms with E-state index in [1.165, 1.54) is 7.11 Å². The average molecular weight is 445 g/mol. The molecule has 0 saturated carbocycles. The van der Waals surface area contributed by atoms with Crippen LogP contribution in [0.4, 0.5) is 0 Å². The van der Waals surface area contributed by atoms with E-state index in [1.807, 2.05) is 16.9 Å². The van der Waals surface area contributed by atoms with E-state index in [9.17, 15) is 9.59 Å². The van der Waals surface area contributed by atoms with Crippen LogP contribution in [0, 0.1) is 0 Å². The van der Waals surface area contributed by atoms with Crippen molar-refractivity contribution in [2.45, 2.75) is 43.9 Å². The summed E-state index contributed by atoms with van der Waals surface area (Å²) in [5, 5.41) is 5.38. The number of benzene rings is 1. The number of nitrogens with zero attached hydrogens (tertiary/aromatic N) is 4. The monoisotopic (exact) mass is 444 g/mol. The fraction of sp³-hybridized carbons (Fsp3) is 0.455. The van der Waals surface area contributed by atoms with E-state index < -0.39 is 5.97 Å². The molecule has 1 aromatic carbocycles. The van der Waals surface area contributed by atoms with Gasteiger partial charge in [0.05, 0.1) is 23.6 Å². The summed E-state index contributed by atoms with van der Waals surface area (Å²) in [6, 6.07) is 6.79. The van der Waals surface area contributed by atoms with Crippen LogP contribution in [0.3, 0.4) is 0 Å². The summed E-state index contributed by atoms with van der Waals surface area (Å²) in [7, 11) is 2.98. The van der Waals surface area contributed by atoms with E-state index in [0.717, 1.165) is 38.0 Å². The topological polar surface area (TPSA) is 88.2 Å². The molecule has 3 rings (SSSR count). The van der Waals surface area contributed by atoms with E-state index in [-0.39, 0.29) is 5.56 Å². The van der Waals surface area contributed by atoms with Gasteiger partial charge in [-0.15, -0.1) is 0 Å². The highest BCUT2D eigenvalue weighted by Gasteiger charge is 2.14. The number of carbonyl (C=O) groups is 1. The maximum absolute atomic E-state index is 13.1. The van der Waals surface area contributed by atoms with Gasteiger partial charge in [0.25, 0.3) is 5.56 Å². The van der Waals surface area contributed by atoms with Crippen LogP contribution >= 0.6 is 11.8 Å². The van der Waals surface area contributed by atoms with Gasteiger partial charge in [0.15, 0.2) is 5.16 Å². The number of methoxy groups -OCH3 is 2. The molecule has 2 heterocycles. The number of aryl methyl sites for hydroxylation is 1. The SMILES string of the molecule is COCCCn1c(SCCCCCn2cccn2)nc2cc(C(=O)OC)ccc2c1=O. The molecule has 9 heteroatoms. The van der Waals surface area contributed by atoms with E-state index in [4.69, 9.17) is 14.5 Å². The van der Waals surface area contributed by atoms with Crippen molar-refractivity contribution in [1.29, 1.82) is 0 Å². The predicted octanol–water partition coefficient (Wildman–Crippen LogP) is 3.38. The maximum Gasteiger partial charge on any atom is 0.337 e. The van der Waals surface area contributed by atoms with Gasteiger partial charge < -0.3 is 9.47 Å². The highest BCUT2D eigenvalue weighted by molar-refractivity contribution is 7.99. The Kier molecular flexibility index (Phi) is 8.66. The van der Waals surface area contributed by atoms with Gasteiger partial charge in [-0.2, -0.15) is 5.10 Å². The van der Waals surface area contributed by atoms with Crippen molar-refractivity contribution in [3.63, 3.8) is 0 Å². The average Bonchev–Trinajstić information content (AvgIpc) is 3.30. The number of unbranched alkanes of at least 4 members (excludes halogenated alkanes) is 2. The van der Waals surface area contributed by atoms with Gasteiger partial charge in [-0.1, -0.05) is 18.2 Å². The van der Waals surface area contributed by atoms with Crippen molar-refractivity contribution < 1.29 is 14.3 Å². The second-order valence-corrected chi connectivity index (χ2v) is 8.16. The molecule has 2 aromatic heterocycles. The van der Waals surface area contributed by atoms with Crippen LogP contribution in [-0.2, 0) is 22.6 Å². The lowest BCUT2D eigenvalue weighted by atomic mass is 10.1. The molecular weight excluding hydrogens is 416 g/mol. The molecule has 0 N–H and O–H groups in total. The molecule has 0 unspecified atom stereocenters. The zero-order chi connectivity index (χ0) is 22.1. The number of ether oxygens (including phenoxy) is 2. The summed E-state index contributed by atoms with van der Waals surface area (Å²) in [4.78, 5) is 29.7. The van der Waals surface area contributed by atoms with Crippen LogP contribution in [0.1, 0.15) is 36.0 Å². The quantitative estimate of drug-likeness (QED) is 0.183. The molecule has 166 valence electrons. The number of rotatable bonds is 12. The van der Waals surface area contributed by atoms with Crippen molar-refractivity contribution in [3.05, 3.63) is 52.6 Å². The van der Waals surface area contributed by atoms with Gasteiger partial charge in [0, 0.05) is 45.0 Å². The standard InChI is InChI=1S/C22H28N4O4S/c1-29-14-7-13-26-20(27)18-9-8-17(21(28)30-2)16-19(18)24-22(26)31-15-5-3-4-11-25-12-6-10-23-25/h6,8-10,12,16H,3-5,7,11,13-15H2,1-2H3. The minimum Gasteiger partial charge on any atom is -0.465 e. The largest absolute Gasteiger partial charge is 0.465 e. The molecule has 8 nitrogen and oxygen atoms in total. The first-order valence-corrected chi connectivity index (χ1v) is 11.3. The molecule has 0 bridgehead atoms. The van der Waals surface area contributed by atoms with Crippen molar-refractivity contribution in [2.24, 2.45) is 0 Å². The number of hydrogen-bond acceptors (Lipinski definition) is 7. The fourth-order valence-electron chi connectivity index (χ4n) is 3.27. The Bertz CT molecular complexity index is 1050. The molecule has 0 aliphatic rings. The van der Waals surface area contributed by atoms with E-state index >= 15 is 0 Å². The van der Waals surface area contributed by atoms with Crippen LogP contribution in [0.15, 0.2) is 46.6 Å². The first-order chi connectivity index (χ1) is 15.1. The Hall–Kier alpha value is -2.65. The Morgan fingerprint density at radius 2 is 2.00 bits per heavy atom. The zero-order valence-electron chi connectivity index (χ0n) is 18.0. The molecule has 0 spiro atoms. The van der Waals surface area contributed by atoms with Gasteiger partial charge in [-0.3, -0.25) is 14.0 Å². The summed E-state index contributed by atoms with van der Waals surface area (Å²) >= 11 is 1.57. The highest BCUT2D eigenvalue weighted by atomic mass is 32.2. The van der Waals surface area contributed by atoms with Crippen molar-refractivity contribution >= 4 is 28.6 Å². The Labute approximate surface area is 185 Å².